The molecule has 0 amide bonds. The molecule has 0 saturated carbocycles. The lowest BCUT2D eigenvalue weighted by Gasteiger charge is -2.28. The summed E-state index contributed by atoms with van der Waals surface area (Å²) in [6, 6.07) is 20.3. The Labute approximate surface area is 153 Å². The van der Waals surface area contributed by atoms with Gasteiger partial charge in [0.15, 0.2) is 0 Å². The number of anilines is 1. The van der Waals surface area contributed by atoms with Gasteiger partial charge in [-0.05, 0) is 36.4 Å². The van der Waals surface area contributed by atoms with Crippen LogP contribution >= 0.6 is 0 Å². The lowest BCUT2D eigenvalue weighted by atomic mass is 10.1. The maximum atomic E-state index is 5.41. The predicted molar refractivity (Wildman–Crippen MR) is 102 cm³/mol. The summed E-state index contributed by atoms with van der Waals surface area (Å²) in [5, 5.41) is 8.79. The van der Waals surface area contributed by atoms with E-state index >= 15 is 0 Å². The van der Waals surface area contributed by atoms with E-state index in [0.29, 0.717) is 0 Å². The van der Waals surface area contributed by atoms with Crippen molar-refractivity contribution in [2.75, 3.05) is 38.3 Å². The lowest BCUT2D eigenvalue weighted by Crippen LogP contribution is -2.36. The number of rotatable bonds is 4. The fraction of sp³-hybridized carbons (Fsp3) is 0.238. The second kappa shape index (κ2) is 7.54. The Morgan fingerprint density at radius 1 is 0.846 bits per heavy atom. The molecule has 5 heteroatoms. The molecule has 4 rings (SSSR count). The Morgan fingerprint density at radius 3 is 2.23 bits per heavy atom. The van der Waals surface area contributed by atoms with E-state index in [1.807, 2.05) is 36.4 Å². The molecule has 0 aliphatic carbocycles. The molecular weight excluding hydrogens is 326 g/mol. The maximum Gasteiger partial charge on any atom is 0.128 e. The van der Waals surface area contributed by atoms with Crippen molar-refractivity contribution in [3.63, 3.8) is 0 Å². The number of nitrogens with zero attached hydrogens (tertiary/aromatic N) is 3. The minimum absolute atomic E-state index is 0.789. The smallest absolute Gasteiger partial charge is 0.128 e. The Hall–Kier alpha value is -2.92. The van der Waals surface area contributed by atoms with Gasteiger partial charge in [0, 0.05) is 29.9 Å². The average molecular weight is 347 g/mol. The Morgan fingerprint density at radius 2 is 1.54 bits per heavy atom. The molecule has 5 nitrogen and oxygen atoms in total. The van der Waals surface area contributed by atoms with Crippen molar-refractivity contribution < 1.29 is 9.47 Å². The van der Waals surface area contributed by atoms with E-state index in [-0.39, 0.29) is 0 Å². The van der Waals surface area contributed by atoms with E-state index in [1.54, 1.807) is 7.11 Å². The average Bonchev–Trinajstić information content (AvgIpc) is 2.74. The molecule has 132 valence electrons. The molecule has 3 aromatic rings. The number of ether oxygens (including phenoxy) is 2. The highest BCUT2D eigenvalue weighted by Crippen LogP contribution is 2.29. The second-order valence-electron chi connectivity index (χ2n) is 6.15. The van der Waals surface area contributed by atoms with Crippen molar-refractivity contribution in [3.8, 4) is 28.3 Å². The van der Waals surface area contributed by atoms with E-state index in [1.165, 1.54) is 5.69 Å². The monoisotopic (exact) mass is 347 g/mol. The highest BCUT2D eigenvalue weighted by atomic mass is 16.5. The molecule has 1 aromatic heterocycles. The summed E-state index contributed by atoms with van der Waals surface area (Å²) in [6.07, 6.45) is 0. The molecule has 26 heavy (non-hydrogen) atoms. The summed E-state index contributed by atoms with van der Waals surface area (Å²) in [6.45, 7) is 3.45. The number of methoxy groups -OCH3 is 1. The summed E-state index contributed by atoms with van der Waals surface area (Å²) in [7, 11) is 1.66. The molecule has 1 saturated heterocycles. The highest BCUT2D eigenvalue weighted by molar-refractivity contribution is 5.69. The van der Waals surface area contributed by atoms with Gasteiger partial charge in [-0.15, -0.1) is 10.2 Å². The molecule has 1 fully saturated rings. The van der Waals surface area contributed by atoms with E-state index in [9.17, 15) is 0 Å². The van der Waals surface area contributed by atoms with Crippen molar-refractivity contribution in [2.45, 2.75) is 0 Å². The lowest BCUT2D eigenvalue weighted by molar-refractivity contribution is 0.122. The summed E-state index contributed by atoms with van der Waals surface area (Å²) < 4.78 is 10.8. The van der Waals surface area contributed by atoms with E-state index in [4.69, 9.17) is 9.47 Å². The van der Waals surface area contributed by atoms with Gasteiger partial charge in [0.2, 0.25) is 0 Å². The van der Waals surface area contributed by atoms with Gasteiger partial charge >= 0.3 is 0 Å². The van der Waals surface area contributed by atoms with Gasteiger partial charge in [-0.2, -0.15) is 0 Å². The van der Waals surface area contributed by atoms with Crippen LogP contribution in [-0.2, 0) is 4.74 Å². The van der Waals surface area contributed by atoms with Crippen LogP contribution in [0.5, 0.6) is 5.75 Å². The van der Waals surface area contributed by atoms with Gasteiger partial charge < -0.3 is 14.4 Å². The Balaban J connectivity index is 1.55. The molecule has 0 atom stereocenters. The molecule has 1 aliphatic rings. The van der Waals surface area contributed by atoms with Crippen LogP contribution in [0.2, 0.25) is 0 Å². The SMILES string of the molecule is COc1ccccc1-c1ccc(-c2ccc(N3CCOCC3)cc2)nn1. The van der Waals surface area contributed by atoms with Crippen molar-refractivity contribution >= 4 is 5.69 Å². The van der Waals surface area contributed by atoms with Gasteiger partial charge in [0.25, 0.3) is 0 Å². The van der Waals surface area contributed by atoms with Gasteiger partial charge in [-0.1, -0.05) is 24.3 Å². The maximum absolute atomic E-state index is 5.41. The third-order valence-electron chi connectivity index (χ3n) is 4.59. The van der Waals surface area contributed by atoms with Crippen LogP contribution in [0.25, 0.3) is 22.5 Å². The summed E-state index contributed by atoms with van der Waals surface area (Å²) in [4.78, 5) is 2.34. The summed E-state index contributed by atoms with van der Waals surface area (Å²) in [5.74, 6) is 0.796. The first kappa shape index (κ1) is 16.5. The quantitative estimate of drug-likeness (QED) is 0.721. The fourth-order valence-corrected chi connectivity index (χ4v) is 3.15. The van der Waals surface area contributed by atoms with Crippen LogP contribution in [-0.4, -0.2) is 43.6 Å². The summed E-state index contributed by atoms with van der Waals surface area (Å²) in [5.41, 5.74) is 4.88. The first-order chi connectivity index (χ1) is 12.8. The van der Waals surface area contributed by atoms with Crippen molar-refractivity contribution in [1.29, 1.82) is 0 Å². The third kappa shape index (κ3) is 3.39. The molecular formula is C21H21N3O2. The standard InChI is InChI=1S/C21H21N3O2/c1-25-21-5-3-2-4-18(21)20-11-10-19(22-23-20)16-6-8-17(9-7-16)24-12-14-26-15-13-24/h2-11H,12-15H2,1H3. The number of morpholine rings is 1. The minimum Gasteiger partial charge on any atom is -0.496 e. The van der Waals surface area contributed by atoms with Crippen LogP contribution in [0.3, 0.4) is 0 Å². The number of benzene rings is 2. The van der Waals surface area contributed by atoms with E-state index in [0.717, 1.165) is 54.6 Å². The first-order valence-electron chi connectivity index (χ1n) is 8.75. The van der Waals surface area contributed by atoms with Crippen LogP contribution in [0.15, 0.2) is 60.7 Å². The second-order valence-corrected chi connectivity index (χ2v) is 6.15. The van der Waals surface area contributed by atoms with Crippen LogP contribution in [0.4, 0.5) is 5.69 Å². The zero-order chi connectivity index (χ0) is 17.8. The van der Waals surface area contributed by atoms with Crippen LogP contribution in [0.1, 0.15) is 0 Å². The molecule has 0 N–H and O–H groups in total. The molecule has 2 aromatic carbocycles. The van der Waals surface area contributed by atoms with Gasteiger partial charge in [-0.25, -0.2) is 0 Å². The molecule has 0 radical (unpaired) electrons. The topological polar surface area (TPSA) is 47.5 Å². The molecule has 0 bridgehead atoms. The normalized spacial score (nSPS) is 14.3. The van der Waals surface area contributed by atoms with Crippen molar-refractivity contribution in [2.24, 2.45) is 0 Å². The number of hydrogen-bond donors (Lipinski definition) is 0. The van der Waals surface area contributed by atoms with E-state index in [2.05, 4.69) is 39.4 Å². The predicted octanol–water partition coefficient (Wildman–Crippen LogP) is 3.66. The number of hydrogen-bond acceptors (Lipinski definition) is 5. The molecule has 2 heterocycles. The highest BCUT2D eigenvalue weighted by Gasteiger charge is 2.12. The zero-order valence-electron chi connectivity index (χ0n) is 14.8. The van der Waals surface area contributed by atoms with Crippen molar-refractivity contribution in [3.05, 3.63) is 60.7 Å². The fourth-order valence-electron chi connectivity index (χ4n) is 3.15. The minimum atomic E-state index is 0.789. The zero-order valence-corrected chi connectivity index (χ0v) is 14.8. The third-order valence-corrected chi connectivity index (χ3v) is 4.59. The number of aromatic nitrogens is 2. The number of para-hydroxylation sites is 1. The first-order valence-corrected chi connectivity index (χ1v) is 8.75. The molecule has 1 aliphatic heterocycles. The summed E-state index contributed by atoms with van der Waals surface area (Å²) >= 11 is 0. The molecule has 0 unspecified atom stereocenters. The Bertz CT molecular complexity index is 857. The van der Waals surface area contributed by atoms with Crippen molar-refractivity contribution in [1.82, 2.24) is 10.2 Å². The Kier molecular flexibility index (Phi) is 4.80. The van der Waals surface area contributed by atoms with Gasteiger partial charge in [0.05, 0.1) is 31.7 Å². The van der Waals surface area contributed by atoms with E-state index < -0.39 is 0 Å². The van der Waals surface area contributed by atoms with Crippen LogP contribution < -0.4 is 9.64 Å². The van der Waals surface area contributed by atoms with Gasteiger partial charge in [-0.3, -0.25) is 0 Å². The molecule has 0 spiro atoms. The largest absolute Gasteiger partial charge is 0.496 e. The van der Waals surface area contributed by atoms with Crippen LogP contribution in [0, 0.1) is 0 Å². The van der Waals surface area contributed by atoms with Gasteiger partial charge in [0.1, 0.15) is 5.75 Å².